The molecule has 2 bridgehead atoms. The van der Waals surface area contributed by atoms with Crippen LogP contribution in [0.1, 0.15) is 231 Å². The Labute approximate surface area is 565 Å². The van der Waals surface area contributed by atoms with Gasteiger partial charge in [-0.2, -0.15) is 0 Å². The number of nitrogens with zero attached hydrogens (tertiary/aromatic N) is 1. The molecule has 20 nitrogen and oxygen atoms in total. The Morgan fingerprint density at radius 1 is 0.638 bits per heavy atom. The summed E-state index contributed by atoms with van der Waals surface area (Å²) in [6.45, 7) is 22.8. The van der Waals surface area contributed by atoms with Gasteiger partial charge in [-0.1, -0.05) is 117 Å². The van der Waals surface area contributed by atoms with Gasteiger partial charge in [0.05, 0.1) is 104 Å². The van der Waals surface area contributed by atoms with Crippen LogP contribution in [-0.2, 0) is 23.7 Å². The lowest BCUT2D eigenvalue weighted by atomic mass is 9.81. The second-order valence-corrected chi connectivity index (χ2v) is 30.2. The van der Waals surface area contributed by atoms with Gasteiger partial charge >= 0.3 is 5.97 Å². The second kappa shape index (κ2) is 43.4. The van der Waals surface area contributed by atoms with Crippen LogP contribution in [0.15, 0.2) is 47.6 Å². The molecule has 0 spiro atoms. The summed E-state index contributed by atoms with van der Waals surface area (Å²) in [5, 5.41) is 156. The highest BCUT2D eigenvalue weighted by Crippen LogP contribution is 2.42. The van der Waals surface area contributed by atoms with Gasteiger partial charge < -0.3 is 95.3 Å². The number of fused-ring (bicyclic) bond motifs is 2. The zero-order valence-electron chi connectivity index (χ0n) is 60.1. The van der Waals surface area contributed by atoms with Crippen LogP contribution >= 0.6 is 0 Å². The number of aliphatic hydroxyl groups is 14. The van der Waals surface area contributed by atoms with Gasteiger partial charge in [-0.05, 0) is 179 Å². The molecule has 2 saturated heterocycles. The molecule has 3 rings (SSSR count). The Bertz CT molecular complexity index is 2200. The molecule has 2 fully saturated rings. The van der Waals surface area contributed by atoms with Gasteiger partial charge in [0.2, 0.25) is 0 Å². The Morgan fingerprint density at radius 3 is 1.81 bits per heavy atom. The van der Waals surface area contributed by atoms with Gasteiger partial charge in [-0.15, -0.1) is 0 Å². The molecule has 20 heteroatoms. The zero-order chi connectivity index (χ0) is 70.7. The van der Waals surface area contributed by atoms with E-state index in [1.54, 1.807) is 53.6 Å². The van der Waals surface area contributed by atoms with Crippen molar-refractivity contribution in [2.24, 2.45) is 47.3 Å². The number of carbonyl (C=O) groups excluding carboxylic acids is 1. The molecule has 550 valence electrons. The molecule has 0 amide bonds. The van der Waals surface area contributed by atoms with Crippen LogP contribution in [0.4, 0.5) is 0 Å². The normalized spacial score (nSPS) is 43.1. The largest absolute Gasteiger partial charge is 0.458 e. The topological polar surface area (TPSA) is 340 Å². The summed E-state index contributed by atoms with van der Waals surface area (Å²) in [5.74, 6) is -4.12. The third-order valence-corrected chi connectivity index (χ3v) is 21.2. The van der Waals surface area contributed by atoms with E-state index in [4.69, 9.17) is 18.9 Å². The van der Waals surface area contributed by atoms with Crippen molar-refractivity contribution in [1.82, 2.24) is 4.90 Å². The van der Waals surface area contributed by atoms with Gasteiger partial charge in [-0.25, -0.2) is 0 Å². The first kappa shape index (κ1) is 85.9. The fraction of sp³-hybridized carbons (Fsp3) is 0.878. The molecule has 3 aliphatic heterocycles. The third kappa shape index (κ3) is 30.7. The van der Waals surface area contributed by atoms with Gasteiger partial charge in [-0.3, -0.25) is 4.79 Å². The second-order valence-electron chi connectivity index (χ2n) is 30.2. The molecular formula is C74H135NO19. The molecule has 0 saturated carbocycles. The smallest absolute Gasteiger partial charge is 0.311 e. The molecule has 3 heterocycles. The molecule has 0 aliphatic carbocycles. The monoisotopic (exact) mass is 1340 g/mol. The van der Waals surface area contributed by atoms with Crippen LogP contribution in [0.3, 0.4) is 0 Å². The number of esters is 1. The number of cyclic esters (lactones) is 1. The van der Waals surface area contributed by atoms with E-state index in [-0.39, 0.29) is 56.3 Å². The lowest BCUT2D eigenvalue weighted by molar-refractivity contribution is -0.349. The molecule has 6 unspecified atom stereocenters. The van der Waals surface area contributed by atoms with E-state index in [0.717, 1.165) is 30.4 Å². The Morgan fingerprint density at radius 2 is 1.20 bits per heavy atom. The molecule has 0 aromatic rings. The van der Waals surface area contributed by atoms with Crippen molar-refractivity contribution in [3.63, 3.8) is 0 Å². The van der Waals surface area contributed by atoms with Crippen LogP contribution < -0.4 is 0 Å². The SMILES string of the molecule is C/C1=C\C=C\C[C@@H](O)[C@H](C)[C@@H](O)CCC[C@@H](O)C[C@H](O)/C(C)=C/C(CCCC(C)C(C)C)CC(O)CCCC[C@H](O)C[C@@H](O)[C@@H](C)CC[C@@H](O)[C@H](C)[C@@H](O)CCC[C@H](O)C[C@H](O)/C=C/C(C)OC(=O)CC2(O)O[C@@H](C[C@H](OC3O[C@H](C)[C@@H](O)[C@H](N(C)C)[C@H]3O)[C@H]2C)[C@@H](C)C1. The van der Waals surface area contributed by atoms with E-state index >= 15 is 0 Å². The molecule has 0 aromatic heterocycles. The Hall–Kier alpha value is -2.29. The Balaban J connectivity index is 1.81. The standard InChI is InChI=1S/C74H135NO19/c1-44(2)46(4)23-19-24-55-37-48(6)66(86)41-59(79)28-21-31-62(82)51(9)61(81)29-18-15-22-45(3)36-49(7)67-42-68(93-73-72(89)70(75(13)14)71(88)54(12)92-73)53(11)74(90,94-67)43-69(87)91-50(8)33-34-60(80)39-57(77)27-20-30-63(83)52(10)64(84)35-32-47(5)65(85)40-58(78)26-17-16-25-56(76)38-55/h15,18,22,33-34,37,44,46-47,49-68,70-73,76-86,88-90H,16-17,19-21,23-32,35-36,38-43H2,1-14H3/b18-15+,34-33+,45-22+,48-37+/t46?,47-,49-,50?,51-,52+,53+,54+,55?,56?,57-,58-,59+,60+,61+,62-,63-,64+,65+,66-,67-,68-,70-,71+,72+,73?,74?/m0/s1. The van der Waals surface area contributed by atoms with E-state index in [0.29, 0.717) is 95.3 Å². The molecule has 0 radical (unpaired) electrons. The van der Waals surface area contributed by atoms with Crippen molar-refractivity contribution < 1.29 is 95.2 Å². The minimum Gasteiger partial charge on any atom is -0.458 e. The first-order valence-electron chi connectivity index (χ1n) is 36.1. The predicted octanol–water partition coefficient (Wildman–Crippen LogP) is 7.84. The summed E-state index contributed by atoms with van der Waals surface area (Å²) in [7, 11) is 3.47. The van der Waals surface area contributed by atoms with Crippen molar-refractivity contribution in [2.45, 2.75) is 353 Å². The average Bonchev–Trinajstić information content (AvgIpc) is 0.775. The van der Waals surface area contributed by atoms with Gasteiger partial charge in [0.25, 0.3) is 0 Å². The summed E-state index contributed by atoms with van der Waals surface area (Å²) in [6, 6.07) is -0.727. The molecule has 3 aliphatic rings. The highest BCUT2D eigenvalue weighted by atomic mass is 16.7. The fourth-order valence-corrected chi connectivity index (χ4v) is 13.7. The van der Waals surface area contributed by atoms with Crippen molar-refractivity contribution in [3.8, 4) is 0 Å². The summed E-state index contributed by atoms with van der Waals surface area (Å²) in [5.41, 5.74) is 1.68. The summed E-state index contributed by atoms with van der Waals surface area (Å²) in [4.78, 5) is 15.4. The van der Waals surface area contributed by atoms with Gasteiger partial charge in [0.15, 0.2) is 12.1 Å². The maximum atomic E-state index is 13.7. The third-order valence-electron chi connectivity index (χ3n) is 21.2. The van der Waals surface area contributed by atoms with Crippen molar-refractivity contribution >= 4 is 5.97 Å². The molecular weight excluding hydrogens is 1210 g/mol. The first-order valence-corrected chi connectivity index (χ1v) is 36.1. The number of hydrogen-bond acceptors (Lipinski definition) is 20. The van der Waals surface area contributed by atoms with Crippen LogP contribution in [0.25, 0.3) is 0 Å². The number of likely N-dealkylation sites (N-methyl/N-ethyl adjacent to an activating group) is 1. The van der Waals surface area contributed by atoms with Crippen LogP contribution in [0, 0.1) is 47.3 Å². The number of carbonyl (C=O) groups is 1. The van der Waals surface area contributed by atoms with Crippen molar-refractivity contribution in [1.29, 1.82) is 0 Å². The van der Waals surface area contributed by atoms with Crippen molar-refractivity contribution in [3.05, 3.63) is 47.6 Å². The predicted molar refractivity (Wildman–Crippen MR) is 365 cm³/mol. The molecule has 27 atom stereocenters. The summed E-state index contributed by atoms with van der Waals surface area (Å²) < 4.78 is 24.7. The van der Waals surface area contributed by atoms with Gasteiger partial charge in [0.1, 0.15) is 12.2 Å². The molecule has 14 N–H and O–H groups in total. The number of ether oxygens (including phenoxy) is 4. The highest BCUT2D eigenvalue weighted by molar-refractivity contribution is 5.71. The van der Waals surface area contributed by atoms with E-state index in [9.17, 15) is 76.3 Å². The average molecular weight is 1340 g/mol. The zero-order valence-corrected chi connectivity index (χ0v) is 60.1. The van der Waals surface area contributed by atoms with E-state index < -0.39 is 152 Å². The number of hydrogen-bond donors (Lipinski definition) is 14. The number of aliphatic hydroxyl groups excluding tert-OH is 13. The fourth-order valence-electron chi connectivity index (χ4n) is 13.7. The van der Waals surface area contributed by atoms with Crippen molar-refractivity contribution in [2.75, 3.05) is 14.1 Å². The summed E-state index contributed by atoms with van der Waals surface area (Å²) >= 11 is 0. The molecule has 0 aromatic carbocycles. The highest BCUT2D eigenvalue weighted by Gasteiger charge is 2.53. The number of allylic oxidation sites excluding steroid dienone is 4. The minimum absolute atomic E-state index is 0.00868. The first-order chi connectivity index (χ1) is 44.0. The lowest BCUT2D eigenvalue weighted by Crippen LogP contribution is -2.64. The van der Waals surface area contributed by atoms with E-state index in [1.165, 1.54) is 12.2 Å². The quantitative estimate of drug-likeness (QED) is 0.0812. The van der Waals surface area contributed by atoms with Crippen LogP contribution in [0.5, 0.6) is 0 Å². The minimum atomic E-state index is -2.12. The van der Waals surface area contributed by atoms with Crippen LogP contribution in [-0.4, -0.2) is 218 Å². The molecule has 94 heavy (non-hydrogen) atoms. The van der Waals surface area contributed by atoms with E-state index in [2.05, 4.69) is 26.8 Å². The Kier molecular flexibility index (Phi) is 39.7. The summed E-state index contributed by atoms with van der Waals surface area (Å²) in [6.07, 6.45) is 4.03. The number of rotatable bonds is 8. The lowest BCUT2D eigenvalue weighted by Gasteiger charge is -2.50. The van der Waals surface area contributed by atoms with Gasteiger partial charge in [0, 0.05) is 37.0 Å². The van der Waals surface area contributed by atoms with Crippen LogP contribution in [0.2, 0.25) is 0 Å². The maximum Gasteiger partial charge on any atom is 0.311 e. The maximum absolute atomic E-state index is 13.7. The van der Waals surface area contributed by atoms with E-state index in [1.807, 2.05) is 45.9 Å².